The number of halogens is 1. The highest BCUT2D eigenvalue weighted by molar-refractivity contribution is 5.88. The zero-order valence-electron chi connectivity index (χ0n) is 12.2. The third kappa shape index (κ3) is 4.82. The Morgan fingerprint density at radius 3 is 2.48 bits per heavy atom. The molecule has 0 bridgehead atoms. The molecule has 0 heterocycles. The first-order valence-corrected chi connectivity index (χ1v) is 6.78. The summed E-state index contributed by atoms with van der Waals surface area (Å²) in [5, 5.41) is 11.8. The van der Waals surface area contributed by atoms with E-state index in [4.69, 9.17) is 4.74 Å². The van der Waals surface area contributed by atoms with Crippen molar-refractivity contribution >= 4 is 11.9 Å². The average Bonchev–Trinajstić information content (AvgIpc) is 2.44. The standard InChI is InChI=1S/C15H20FNO4/c1-3-4-9-21-10-13(18)17-15(2,14(19)20)11-5-7-12(16)8-6-11/h5-8H,3-4,9-10H2,1-2H3,(H,17,18)(H,19,20). The summed E-state index contributed by atoms with van der Waals surface area (Å²) in [5.41, 5.74) is -1.34. The smallest absolute Gasteiger partial charge is 0.333 e. The summed E-state index contributed by atoms with van der Waals surface area (Å²) in [7, 11) is 0. The highest BCUT2D eigenvalue weighted by atomic mass is 19.1. The number of hydrogen-bond donors (Lipinski definition) is 2. The zero-order chi connectivity index (χ0) is 15.9. The highest BCUT2D eigenvalue weighted by Gasteiger charge is 2.36. The van der Waals surface area contributed by atoms with Gasteiger partial charge in [0.25, 0.3) is 0 Å². The number of nitrogens with one attached hydrogen (secondary N) is 1. The first-order valence-electron chi connectivity index (χ1n) is 6.78. The number of aliphatic carboxylic acids is 1. The van der Waals surface area contributed by atoms with Crippen LogP contribution in [0.4, 0.5) is 4.39 Å². The van der Waals surface area contributed by atoms with Gasteiger partial charge in [0, 0.05) is 6.61 Å². The van der Waals surface area contributed by atoms with Gasteiger partial charge in [-0.2, -0.15) is 0 Å². The lowest BCUT2D eigenvalue weighted by molar-refractivity contribution is -0.148. The Morgan fingerprint density at radius 1 is 1.33 bits per heavy atom. The summed E-state index contributed by atoms with van der Waals surface area (Å²) in [6.45, 7) is 3.60. The van der Waals surface area contributed by atoms with E-state index in [1.54, 1.807) is 0 Å². The zero-order valence-corrected chi connectivity index (χ0v) is 12.2. The van der Waals surface area contributed by atoms with Gasteiger partial charge in [-0.15, -0.1) is 0 Å². The molecule has 1 rings (SSSR count). The molecule has 1 unspecified atom stereocenters. The minimum atomic E-state index is -1.63. The Kier molecular flexibility index (Phi) is 6.30. The maximum absolute atomic E-state index is 12.9. The second-order valence-corrected chi connectivity index (χ2v) is 4.89. The van der Waals surface area contributed by atoms with Crippen LogP contribution in [0.1, 0.15) is 32.3 Å². The molecule has 0 fully saturated rings. The fourth-order valence-corrected chi connectivity index (χ4v) is 1.76. The fourth-order valence-electron chi connectivity index (χ4n) is 1.76. The van der Waals surface area contributed by atoms with E-state index >= 15 is 0 Å². The van der Waals surface area contributed by atoms with Crippen LogP contribution < -0.4 is 5.32 Å². The van der Waals surface area contributed by atoms with Crippen LogP contribution in [0, 0.1) is 5.82 Å². The quantitative estimate of drug-likeness (QED) is 0.720. The molecule has 0 aromatic heterocycles. The molecule has 1 amide bonds. The number of carboxylic acid groups (broad SMARTS) is 1. The lowest BCUT2D eigenvalue weighted by Gasteiger charge is -2.26. The third-order valence-corrected chi connectivity index (χ3v) is 3.11. The molecule has 6 heteroatoms. The molecule has 21 heavy (non-hydrogen) atoms. The topological polar surface area (TPSA) is 75.6 Å². The fraction of sp³-hybridized carbons (Fsp3) is 0.467. The summed E-state index contributed by atoms with van der Waals surface area (Å²) in [4.78, 5) is 23.3. The van der Waals surface area contributed by atoms with Gasteiger partial charge in [-0.3, -0.25) is 4.79 Å². The molecule has 0 saturated carbocycles. The van der Waals surface area contributed by atoms with Crippen LogP contribution in [0.25, 0.3) is 0 Å². The number of rotatable bonds is 8. The maximum Gasteiger partial charge on any atom is 0.333 e. The Morgan fingerprint density at radius 2 is 1.95 bits per heavy atom. The molecule has 1 atom stereocenters. The number of ether oxygens (including phenoxy) is 1. The van der Waals surface area contributed by atoms with E-state index in [-0.39, 0.29) is 6.61 Å². The van der Waals surface area contributed by atoms with Gasteiger partial charge in [-0.05, 0) is 31.0 Å². The summed E-state index contributed by atoms with van der Waals surface area (Å²) < 4.78 is 18.1. The first-order chi connectivity index (χ1) is 9.90. The molecule has 116 valence electrons. The van der Waals surface area contributed by atoms with Gasteiger partial charge >= 0.3 is 5.97 Å². The molecule has 0 aliphatic carbocycles. The van der Waals surface area contributed by atoms with Gasteiger partial charge in [-0.1, -0.05) is 25.5 Å². The van der Waals surface area contributed by atoms with E-state index < -0.39 is 23.2 Å². The molecule has 1 aromatic carbocycles. The lowest BCUT2D eigenvalue weighted by Crippen LogP contribution is -2.50. The predicted molar refractivity (Wildman–Crippen MR) is 75.3 cm³/mol. The molecular weight excluding hydrogens is 277 g/mol. The van der Waals surface area contributed by atoms with Crippen molar-refractivity contribution in [3.63, 3.8) is 0 Å². The van der Waals surface area contributed by atoms with Gasteiger partial charge in [0.1, 0.15) is 12.4 Å². The molecular formula is C15H20FNO4. The van der Waals surface area contributed by atoms with Crippen molar-refractivity contribution in [1.82, 2.24) is 5.32 Å². The normalized spacial score (nSPS) is 13.5. The summed E-state index contributed by atoms with van der Waals surface area (Å²) in [5.74, 6) is -2.22. The number of hydrogen-bond acceptors (Lipinski definition) is 3. The van der Waals surface area contributed by atoms with Crippen molar-refractivity contribution in [3.05, 3.63) is 35.6 Å². The van der Waals surface area contributed by atoms with Crippen molar-refractivity contribution in [1.29, 1.82) is 0 Å². The lowest BCUT2D eigenvalue weighted by atomic mass is 9.92. The number of carbonyl (C=O) groups is 2. The minimum absolute atomic E-state index is 0.204. The van der Waals surface area contributed by atoms with Crippen LogP contribution in [0.2, 0.25) is 0 Å². The van der Waals surface area contributed by atoms with Crippen molar-refractivity contribution in [2.24, 2.45) is 0 Å². The second-order valence-electron chi connectivity index (χ2n) is 4.89. The number of carboxylic acids is 1. The molecule has 5 nitrogen and oxygen atoms in total. The molecule has 2 N–H and O–H groups in total. The van der Waals surface area contributed by atoms with Crippen LogP contribution in [0.3, 0.4) is 0 Å². The maximum atomic E-state index is 12.9. The van der Waals surface area contributed by atoms with Gasteiger partial charge in [0.15, 0.2) is 5.54 Å². The van der Waals surface area contributed by atoms with E-state index in [0.29, 0.717) is 12.2 Å². The number of amides is 1. The Hall–Kier alpha value is -1.95. The molecule has 0 aliphatic heterocycles. The summed E-state index contributed by atoms with van der Waals surface area (Å²) in [6, 6.07) is 4.98. The third-order valence-electron chi connectivity index (χ3n) is 3.11. The van der Waals surface area contributed by atoms with Crippen molar-refractivity contribution in [2.75, 3.05) is 13.2 Å². The molecule has 0 radical (unpaired) electrons. The molecule has 0 aliphatic rings. The van der Waals surface area contributed by atoms with Crippen LogP contribution in [0.5, 0.6) is 0 Å². The summed E-state index contributed by atoms with van der Waals surface area (Å²) in [6.07, 6.45) is 1.78. The average molecular weight is 297 g/mol. The molecule has 0 saturated heterocycles. The van der Waals surface area contributed by atoms with E-state index in [1.807, 2.05) is 6.92 Å². The van der Waals surface area contributed by atoms with Gasteiger partial charge < -0.3 is 15.2 Å². The van der Waals surface area contributed by atoms with Crippen LogP contribution in [0.15, 0.2) is 24.3 Å². The van der Waals surface area contributed by atoms with Crippen LogP contribution in [-0.4, -0.2) is 30.2 Å². The highest BCUT2D eigenvalue weighted by Crippen LogP contribution is 2.21. The van der Waals surface area contributed by atoms with E-state index in [1.165, 1.54) is 19.1 Å². The monoisotopic (exact) mass is 297 g/mol. The molecule has 1 aromatic rings. The van der Waals surface area contributed by atoms with Crippen LogP contribution in [-0.2, 0) is 19.9 Å². The SMILES string of the molecule is CCCCOCC(=O)NC(C)(C(=O)O)c1ccc(F)cc1. The Labute approximate surface area is 123 Å². The largest absolute Gasteiger partial charge is 0.479 e. The van der Waals surface area contributed by atoms with Gasteiger partial charge in [0.05, 0.1) is 0 Å². The van der Waals surface area contributed by atoms with Crippen LogP contribution >= 0.6 is 0 Å². The summed E-state index contributed by atoms with van der Waals surface area (Å²) >= 11 is 0. The minimum Gasteiger partial charge on any atom is -0.479 e. The van der Waals surface area contributed by atoms with Crippen molar-refractivity contribution < 1.29 is 23.8 Å². The number of benzene rings is 1. The van der Waals surface area contributed by atoms with E-state index in [2.05, 4.69) is 5.32 Å². The predicted octanol–water partition coefficient (Wildman–Crippen LogP) is 2.06. The number of carbonyl (C=O) groups excluding carboxylic acids is 1. The molecule has 0 spiro atoms. The van der Waals surface area contributed by atoms with Gasteiger partial charge in [-0.25, -0.2) is 9.18 Å². The van der Waals surface area contributed by atoms with Crippen molar-refractivity contribution in [3.8, 4) is 0 Å². The van der Waals surface area contributed by atoms with Gasteiger partial charge in [0.2, 0.25) is 5.91 Å². The Bertz CT molecular complexity index is 489. The second kappa shape index (κ2) is 7.73. The van der Waals surface area contributed by atoms with E-state index in [9.17, 15) is 19.1 Å². The van der Waals surface area contributed by atoms with E-state index in [0.717, 1.165) is 25.0 Å². The Balaban J connectivity index is 2.74. The van der Waals surface area contributed by atoms with Crippen molar-refractivity contribution in [2.45, 2.75) is 32.2 Å². The number of unbranched alkanes of at least 4 members (excludes halogenated alkanes) is 1. The first kappa shape index (κ1) is 17.1.